The summed E-state index contributed by atoms with van der Waals surface area (Å²) in [5.41, 5.74) is 0. The lowest BCUT2D eigenvalue weighted by Crippen LogP contribution is -2.10. The Morgan fingerprint density at radius 2 is 2.20 bits per heavy atom. The molecule has 0 aliphatic rings. The summed E-state index contributed by atoms with van der Waals surface area (Å²) in [7, 11) is -3.52. The molecule has 1 aromatic rings. The lowest BCUT2D eigenvalue weighted by Gasteiger charge is -2.05. The second-order valence-corrected chi connectivity index (χ2v) is 6.40. The predicted octanol–water partition coefficient (Wildman–Crippen LogP) is 2.37. The largest absolute Gasteiger partial charge is 0.238 e. The van der Waals surface area contributed by atoms with E-state index in [1.165, 1.54) is 11.3 Å². The number of rotatable bonds is 5. The molecular weight excluding hydrogens is 230 g/mol. The van der Waals surface area contributed by atoms with E-state index in [-0.39, 0.29) is 4.90 Å². The molecule has 1 aromatic heterocycles. The molecule has 0 fully saturated rings. The topological polar surface area (TPSA) is 60.2 Å². The molecule has 0 amide bonds. The standard InChI is InChI=1S/C10H17NO2S2/c1-3-8(2)4-5-9-6-10(7-14-9)15(11,12)13/h6-8H,3-5H2,1-2H3,(H2,11,12,13). The average molecular weight is 247 g/mol. The monoisotopic (exact) mass is 247 g/mol. The summed E-state index contributed by atoms with van der Waals surface area (Å²) < 4.78 is 22.0. The van der Waals surface area contributed by atoms with Gasteiger partial charge in [-0.3, -0.25) is 0 Å². The van der Waals surface area contributed by atoms with Crippen LogP contribution in [-0.2, 0) is 16.4 Å². The van der Waals surface area contributed by atoms with E-state index in [2.05, 4.69) is 13.8 Å². The van der Waals surface area contributed by atoms with E-state index in [0.717, 1.165) is 24.1 Å². The van der Waals surface area contributed by atoms with Gasteiger partial charge in [0.05, 0.1) is 4.90 Å². The van der Waals surface area contributed by atoms with Crippen molar-refractivity contribution in [3.8, 4) is 0 Å². The Hall–Kier alpha value is -0.390. The summed E-state index contributed by atoms with van der Waals surface area (Å²) in [6, 6.07) is 1.68. The van der Waals surface area contributed by atoms with Gasteiger partial charge in [0.15, 0.2) is 0 Å². The molecule has 1 atom stereocenters. The molecule has 1 rings (SSSR count). The van der Waals surface area contributed by atoms with Crippen molar-refractivity contribution in [2.45, 2.75) is 38.0 Å². The molecule has 2 N–H and O–H groups in total. The Morgan fingerprint density at radius 3 is 2.67 bits per heavy atom. The summed E-state index contributed by atoms with van der Waals surface area (Å²) in [6.45, 7) is 4.36. The Morgan fingerprint density at radius 1 is 1.53 bits per heavy atom. The average Bonchev–Trinajstić information content (AvgIpc) is 2.61. The summed E-state index contributed by atoms with van der Waals surface area (Å²) in [4.78, 5) is 1.34. The van der Waals surface area contributed by atoms with Crippen molar-refractivity contribution >= 4 is 21.4 Å². The molecule has 0 bridgehead atoms. The van der Waals surface area contributed by atoms with Crippen molar-refractivity contribution in [1.29, 1.82) is 0 Å². The van der Waals surface area contributed by atoms with Gasteiger partial charge in [0.2, 0.25) is 10.0 Å². The van der Waals surface area contributed by atoms with E-state index in [9.17, 15) is 8.42 Å². The highest BCUT2D eigenvalue weighted by atomic mass is 32.2. The molecule has 0 aliphatic heterocycles. The zero-order valence-corrected chi connectivity index (χ0v) is 10.7. The van der Waals surface area contributed by atoms with E-state index in [1.807, 2.05) is 0 Å². The molecule has 1 heterocycles. The molecule has 15 heavy (non-hydrogen) atoms. The second-order valence-electron chi connectivity index (χ2n) is 3.85. The maximum atomic E-state index is 11.0. The molecule has 1 unspecified atom stereocenters. The number of sulfonamides is 1. The van der Waals surface area contributed by atoms with Crippen LogP contribution < -0.4 is 5.14 Å². The van der Waals surface area contributed by atoms with E-state index < -0.39 is 10.0 Å². The quantitative estimate of drug-likeness (QED) is 0.868. The van der Waals surface area contributed by atoms with Crippen LogP contribution in [0.25, 0.3) is 0 Å². The molecule has 0 radical (unpaired) electrons. The molecule has 0 aromatic carbocycles. The molecule has 0 spiro atoms. The minimum Gasteiger partial charge on any atom is -0.225 e. The third-order valence-corrected chi connectivity index (χ3v) is 4.58. The highest BCUT2D eigenvalue weighted by Gasteiger charge is 2.10. The van der Waals surface area contributed by atoms with Crippen molar-refractivity contribution in [1.82, 2.24) is 0 Å². The van der Waals surface area contributed by atoms with Gasteiger partial charge in [0.1, 0.15) is 0 Å². The molecule has 0 aliphatic carbocycles. The number of hydrogen-bond donors (Lipinski definition) is 1. The van der Waals surface area contributed by atoms with Crippen LogP contribution in [-0.4, -0.2) is 8.42 Å². The third-order valence-electron chi connectivity index (χ3n) is 2.54. The lowest BCUT2D eigenvalue weighted by atomic mass is 10.0. The van der Waals surface area contributed by atoms with Gasteiger partial charge in [-0.15, -0.1) is 11.3 Å². The van der Waals surface area contributed by atoms with Gasteiger partial charge in [-0.2, -0.15) is 0 Å². The number of aryl methyl sites for hydroxylation is 1. The van der Waals surface area contributed by atoms with Gasteiger partial charge in [-0.25, -0.2) is 13.6 Å². The van der Waals surface area contributed by atoms with Crippen molar-refractivity contribution in [2.75, 3.05) is 0 Å². The van der Waals surface area contributed by atoms with Gasteiger partial charge < -0.3 is 0 Å². The van der Waals surface area contributed by atoms with Crippen molar-refractivity contribution in [3.63, 3.8) is 0 Å². The fraction of sp³-hybridized carbons (Fsp3) is 0.600. The fourth-order valence-corrected chi connectivity index (χ4v) is 3.06. The number of hydrogen-bond acceptors (Lipinski definition) is 3. The third kappa shape index (κ3) is 3.93. The van der Waals surface area contributed by atoms with Crippen molar-refractivity contribution in [3.05, 3.63) is 16.3 Å². The first kappa shape index (κ1) is 12.7. The van der Waals surface area contributed by atoms with Gasteiger partial charge in [0.25, 0.3) is 0 Å². The molecule has 0 saturated heterocycles. The zero-order chi connectivity index (χ0) is 11.5. The molecule has 5 heteroatoms. The van der Waals surface area contributed by atoms with Crippen LogP contribution in [0.3, 0.4) is 0 Å². The van der Waals surface area contributed by atoms with E-state index in [1.54, 1.807) is 11.4 Å². The second kappa shape index (κ2) is 5.09. The first-order valence-corrected chi connectivity index (χ1v) is 7.46. The molecule has 0 saturated carbocycles. The maximum Gasteiger partial charge on any atom is 0.238 e. The van der Waals surface area contributed by atoms with Crippen LogP contribution >= 0.6 is 11.3 Å². The van der Waals surface area contributed by atoms with E-state index >= 15 is 0 Å². The minimum absolute atomic E-state index is 0.242. The first-order valence-electron chi connectivity index (χ1n) is 5.03. The first-order chi connectivity index (χ1) is 6.93. The van der Waals surface area contributed by atoms with Gasteiger partial charge >= 0.3 is 0 Å². The Labute approximate surface area is 95.4 Å². The zero-order valence-electron chi connectivity index (χ0n) is 9.06. The smallest absolute Gasteiger partial charge is 0.225 e. The molecule has 86 valence electrons. The highest BCUT2D eigenvalue weighted by molar-refractivity contribution is 7.89. The number of primary sulfonamides is 1. The molecule has 3 nitrogen and oxygen atoms in total. The molecular formula is C10H17NO2S2. The SMILES string of the molecule is CCC(C)CCc1cc(S(N)(=O)=O)cs1. The maximum absolute atomic E-state index is 11.0. The van der Waals surface area contributed by atoms with Crippen LogP contribution in [0, 0.1) is 5.92 Å². The van der Waals surface area contributed by atoms with Crippen molar-refractivity contribution in [2.24, 2.45) is 11.1 Å². The number of thiophene rings is 1. The van der Waals surface area contributed by atoms with Gasteiger partial charge in [-0.05, 0) is 24.8 Å². The Bertz CT molecular complexity index is 409. The van der Waals surface area contributed by atoms with Gasteiger partial charge in [0, 0.05) is 10.3 Å². The lowest BCUT2D eigenvalue weighted by molar-refractivity contribution is 0.518. The summed E-state index contributed by atoms with van der Waals surface area (Å²) >= 11 is 1.47. The van der Waals surface area contributed by atoms with Crippen LogP contribution in [0.15, 0.2) is 16.3 Å². The van der Waals surface area contributed by atoms with Crippen LogP contribution in [0.5, 0.6) is 0 Å². The predicted molar refractivity (Wildman–Crippen MR) is 63.5 cm³/mol. The van der Waals surface area contributed by atoms with Crippen LogP contribution in [0.2, 0.25) is 0 Å². The minimum atomic E-state index is -3.52. The van der Waals surface area contributed by atoms with Crippen LogP contribution in [0.1, 0.15) is 31.6 Å². The summed E-state index contributed by atoms with van der Waals surface area (Å²) in [5.74, 6) is 0.685. The Kier molecular flexibility index (Phi) is 4.31. The van der Waals surface area contributed by atoms with E-state index in [4.69, 9.17) is 5.14 Å². The van der Waals surface area contributed by atoms with E-state index in [0.29, 0.717) is 5.92 Å². The number of nitrogens with two attached hydrogens (primary N) is 1. The summed E-state index contributed by atoms with van der Waals surface area (Å²) in [5, 5.41) is 6.64. The highest BCUT2D eigenvalue weighted by Crippen LogP contribution is 2.21. The summed E-state index contributed by atoms with van der Waals surface area (Å²) in [6.07, 6.45) is 3.20. The van der Waals surface area contributed by atoms with Gasteiger partial charge in [-0.1, -0.05) is 20.3 Å². The fourth-order valence-electron chi connectivity index (χ4n) is 1.23. The Balaban J connectivity index is 2.62. The van der Waals surface area contributed by atoms with Crippen molar-refractivity contribution < 1.29 is 8.42 Å². The van der Waals surface area contributed by atoms with Crippen LogP contribution in [0.4, 0.5) is 0 Å². The normalized spacial score (nSPS) is 14.1.